The van der Waals surface area contributed by atoms with Gasteiger partial charge in [-0.15, -0.1) is 0 Å². The first-order chi connectivity index (χ1) is 14.3. The molecule has 0 aromatic heterocycles. The highest BCUT2D eigenvalue weighted by molar-refractivity contribution is 5.64. The Morgan fingerprint density at radius 2 is 1.03 bits per heavy atom. The zero-order valence-electron chi connectivity index (χ0n) is 17.7. The molecule has 0 radical (unpaired) electrons. The van der Waals surface area contributed by atoms with Crippen LogP contribution in [0, 0.1) is 11.8 Å². The molecule has 0 heterocycles. The molecule has 2 aliphatic carbocycles. The summed E-state index contributed by atoms with van der Waals surface area (Å²) in [5.74, 6) is 2.44. The second-order valence-corrected chi connectivity index (χ2v) is 9.13. The van der Waals surface area contributed by atoms with Gasteiger partial charge in [0.2, 0.25) is 0 Å². The highest BCUT2D eigenvalue weighted by Gasteiger charge is 2.22. The van der Waals surface area contributed by atoms with Crippen LogP contribution in [0.15, 0.2) is 60.7 Å². The van der Waals surface area contributed by atoms with Gasteiger partial charge < -0.3 is 4.79 Å². The Kier molecular flexibility index (Phi) is 6.64. The number of carbonyl (C=O) groups excluding carboxylic acids is 1. The van der Waals surface area contributed by atoms with E-state index in [0.717, 1.165) is 43.8 Å². The molecular weight excluding hydrogens is 352 g/mol. The van der Waals surface area contributed by atoms with Gasteiger partial charge in [-0.05, 0) is 98.3 Å². The minimum absolute atomic E-state index is 0.294. The molecule has 2 fully saturated rings. The predicted molar refractivity (Wildman–Crippen MR) is 122 cm³/mol. The van der Waals surface area contributed by atoms with Crippen LogP contribution in [0.3, 0.4) is 0 Å². The first-order valence-corrected chi connectivity index (χ1v) is 11.5. The molecule has 0 spiro atoms. The van der Waals surface area contributed by atoms with E-state index in [2.05, 4.69) is 67.6 Å². The van der Waals surface area contributed by atoms with Crippen LogP contribution in [0.25, 0.3) is 11.1 Å². The molecule has 0 aliphatic heterocycles. The summed E-state index contributed by atoms with van der Waals surface area (Å²) >= 11 is 0. The summed E-state index contributed by atoms with van der Waals surface area (Å²) in [7, 11) is 0. The molecule has 0 amide bonds. The van der Waals surface area contributed by atoms with E-state index in [1.807, 2.05) is 0 Å². The summed E-state index contributed by atoms with van der Waals surface area (Å²) < 4.78 is 0. The van der Waals surface area contributed by atoms with Crippen LogP contribution < -0.4 is 0 Å². The van der Waals surface area contributed by atoms with Crippen molar-refractivity contribution in [3.63, 3.8) is 0 Å². The highest BCUT2D eigenvalue weighted by atomic mass is 16.1. The number of allylic oxidation sites excluding steroid dienone is 2. The standard InChI is InChI=1S/C28H34O/c1-2-3-21-4-8-23(9-5-21)25-12-16-27(17-13-25)28-18-14-26(15-19-28)24-10-6-22(20-29)7-11-24/h2-3,12-24H,4-11H2,1H3/b3-2-. The minimum Gasteiger partial charge on any atom is -0.303 e. The molecule has 0 atom stereocenters. The monoisotopic (exact) mass is 386 g/mol. The molecule has 152 valence electrons. The number of benzene rings is 2. The van der Waals surface area contributed by atoms with Crippen molar-refractivity contribution in [2.45, 2.75) is 70.1 Å². The van der Waals surface area contributed by atoms with Gasteiger partial charge in [0.05, 0.1) is 0 Å². The fraction of sp³-hybridized carbons (Fsp3) is 0.464. The quantitative estimate of drug-likeness (QED) is 0.380. The molecule has 0 saturated heterocycles. The average molecular weight is 387 g/mol. The first-order valence-electron chi connectivity index (χ1n) is 11.5. The van der Waals surface area contributed by atoms with Gasteiger partial charge in [-0.25, -0.2) is 0 Å². The van der Waals surface area contributed by atoms with Crippen molar-refractivity contribution in [1.82, 2.24) is 0 Å². The topological polar surface area (TPSA) is 17.1 Å². The Balaban J connectivity index is 1.37. The van der Waals surface area contributed by atoms with Crippen LogP contribution in [0.1, 0.15) is 81.3 Å². The highest BCUT2D eigenvalue weighted by Crippen LogP contribution is 2.38. The van der Waals surface area contributed by atoms with Crippen LogP contribution in [0.2, 0.25) is 0 Å². The second kappa shape index (κ2) is 9.57. The van der Waals surface area contributed by atoms with Gasteiger partial charge in [0.15, 0.2) is 0 Å². The Bertz CT molecular complexity index is 798. The molecule has 2 aromatic rings. The van der Waals surface area contributed by atoms with Crippen molar-refractivity contribution in [3.8, 4) is 11.1 Å². The van der Waals surface area contributed by atoms with E-state index < -0.39 is 0 Å². The lowest BCUT2D eigenvalue weighted by Crippen LogP contribution is -2.14. The molecule has 1 nitrogen and oxygen atoms in total. The predicted octanol–water partition coefficient (Wildman–Crippen LogP) is 7.68. The lowest BCUT2D eigenvalue weighted by molar-refractivity contribution is -0.111. The summed E-state index contributed by atoms with van der Waals surface area (Å²) in [6.45, 7) is 2.13. The molecule has 0 bridgehead atoms. The molecular formula is C28H34O. The van der Waals surface area contributed by atoms with Gasteiger partial charge >= 0.3 is 0 Å². The lowest BCUT2D eigenvalue weighted by Gasteiger charge is -2.27. The van der Waals surface area contributed by atoms with E-state index in [0.29, 0.717) is 11.8 Å². The van der Waals surface area contributed by atoms with Crippen LogP contribution in [-0.4, -0.2) is 6.29 Å². The van der Waals surface area contributed by atoms with Crippen molar-refractivity contribution in [2.24, 2.45) is 11.8 Å². The van der Waals surface area contributed by atoms with Crippen LogP contribution >= 0.6 is 0 Å². The third-order valence-corrected chi connectivity index (χ3v) is 7.30. The van der Waals surface area contributed by atoms with E-state index in [4.69, 9.17) is 0 Å². The van der Waals surface area contributed by atoms with Gasteiger partial charge in [0, 0.05) is 5.92 Å². The van der Waals surface area contributed by atoms with Crippen molar-refractivity contribution in [1.29, 1.82) is 0 Å². The van der Waals surface area contributed by atoms with E-state index >= 15 is 0 Å². The normalized spacial score (nSPS) is 27.8. The number of hydrogen-bond acceptors (Lipinski definition) is 1. The Morgan fingerprint density at radius 1 is 0.621 bits per heavy atom. The summed E-state index contributed by atoms with van der Waals surface area (Å²) in [5.41, 5.74) is 5.56. The maximum atomic E-state index is 11.0. The van der Waals surface area contributed by atoms with E-state index in [1.165, 1.54) is 47.9 Å². The number of carbonyl (C=O) groups is 1. The van der Waals surface area contributed by atoms with E-state index in [1.54, 1.807) is 0 Å². The van der Waals surface area contributed by atoms with Crippen molar-refractivity contribution >= 4 is 6.29 Å². The van der Waals surface area contributed by atoms with E-state index in [-0.39, 0.29) is 0 Å². The minimum atomic E-state index is 0.294. The molecule has 4 rings (SSSR count). The molecule has 2 saturated carbocycles. The smallest absolute Gasteiger partial charge is 0.123 e. The average Bonchev–Trinajstić information content (AvgIpc) is 2.80. The molecule has 0 N–H and O–H groups in total. The van der Waals surface area contributed by atoms with Gasteiger partial charge in [0.25, 0.3) is 0 Å². The van der Waals surface area contributed by atoms with E-state index in [9.17, 15) is 4.79 Å². The van der Waals surface area contributed by atoms with Crippen molar-refractivity contribution < 1.29 is 4.79 Å². The van der Waals surface area contributed by atoms with Gasteiger partial charge in [-0.3, -0.25) is 0 Å². The van der Waals surface area contributed by atoms with Crippen LogP contribution in [0.5, 0.6) is 0 Å². The molecule has 2 aliphatic rings. The summed E-state index contributed by atoms with van der Waals surface area (Å²) in [6, 6.07) is 18.5. The molecule has 29 heavy (non-hydrogen) atoms. The maximum absolute atomic E-state index is 11.0. The molecule has 2 aromatic carbocycles. The lowest BCUT2D eigenvalue weighted by atomic mass is 9.78. The van der Waals surface area contributed by atoms with Crippen LogP contribution in [0.4, 0.5) is 0 Å². The Labute approximate surface area is 176 Å². The summed E-state index contributed by atoms with van der Waals surface area (Å²) in [5, 5.41) is 0. The molecule has 1 heteroatoms. The van der Waals surface area contributed by atoms with Gasteiger partial charge in [-0.1, -0.05) is 60.7 Å². The number of rotatable bonds is 5. The Hall–Kier alpha value is -2.15. The third-order valence-electron chi connectivity index (χ3n) is 7.30. The van der Waals surface area contributed by atoms with Crippen LogP contribution in [-0.2, 0) is 4.79 Å². The zero-order valence-corrected chi connectivity index (χ0v) is 17.7. The number of hydrogen-bond donors (Lipinski definition) is 0. The molecule has 0 unspecified atom stereocenters. The first kappa shape index (κ1) is 20.1. The zero-order chi connectivity index (χ0) is 20.1. The largest absolute Gasteiger partial charge is 0.303 e. The fourth-order valence-corrected chi connectivity index (χ4v) is 5.40. The second-order valence-electron chi connectivity index (χ2n) is 9.13. The van der Waals surface area contributed by atoms with Crippen molar-refractivity contribution in [3.05, 3.63) is 71.8 Å². The SMILES string of the molecule is C/C=C\C1CCC(c2ccc(-c3ccc(C4CCC(C=O)CC4)cc3)cc2)CC1. The Morgan fingerprint density at radius 3 is 1.41 bits per heavy atom. The third kappa shape index (κ3) is 4.89. The number of aldehydes is 1. The van der Waals surface area contributed by atoms with Crippen molar-refractivity contribution in [2.75, 3.05) is 0 Å². The fourth-order valence-electron chi connectivity index (χ4n) is 5.40. The summed E-state index contributed by atoms with van der Waals surface area (Å²) in [4.78, 5) is 11.0. The van der Waals surface area contributed by atoms with Gasteiger partial charge in [0.1, 0.15) is 6.29 Å². The maximum Gasteiger partial charge on any atom is 0.123 e. The van der Waals surface area contributed by atoms with Gasteiger partial charge in [-0.2, -0.15) is 0 Å². The summed E-state index contributed by atoms with van der Waals surface area (Å²) in [6.07, 6.45) is 15.4.